The molecule has 0 aliphatic carbocycles. The molecule has 0 saturated heterocycles. The Balaban J connectivity index is 4.29. The molecular weight excluding hydrogens is 719 g/mol. The molecule has 0 aromatic heterocycles. The van der Waals surface area contributed by atoms with Gasteiger partial charge in [0, 0.05) is 6.42 Å². The normalized spacial score (nSPS) is 14.3. The highest BCUT2D eigenvalue weighted by Crippen LogP contribution is 2.43. The van der Waals surface area contributed by atoms with E-state index in [0.717, 1.165) is 38.5 Å². The number of allylic oxidation sites excluding steroid dienone is 1. The van der Waals surface area contributed by atoms with Crippen LogP contribution in [0.15, 0.2) is 12.2 Å². The number of aliphatic hydroxyl groups excluding tert-OH is 1. The molecule has 9 heteroatoms. The van der Waals surface area contributed by atoms with E-state index in [1.807, 2.05) is 27.2 Å². The number of likely N-dealkylation sites (N-methyl/N-ethyl adjacent to an activating group) is 1. The summed E-state index contributed by atoms with van der Waals surface area (Å²) in [6.45, 7) is 4.84. The predicted molar refractivity (Wildman–Crippen MR) is 240 cm³/mol. The van der Waals surface area contributed by atoms with E-state index in [1.54, 1.807) is 6.08 Å². The average Bonchev–Trinajstić information content (AvgIpc) is 3.15. The summed E-state index contributed by atoms with van der Waals surface area (Å²) in [5.41, 5.74) is 0. The monoisotopic (exact) mass is 816 g/mol. The van der Waals surface area contributed by atoms with Crippen molar-refractivity contribution in [2.24, 2.45) is 0 Å². The van der Waals surface area contributed by atoms with E-state index < -0.39 is 20.0 Å². The van der Waals surface area contributed by atoms with E-state index in [4.69, 9.17) is 9.05 Å². The third-order valence-corrected chi connectivity index (χ3v) is 12.0. The highest BCUT2D eigenvalue weighted by atomic mass is 31.2. The van der Waals surface area contributed by atoms with Crippen LogP contribution in [0.4, 0.5) is 0 Å². The fourth-order valence-corrected chi connectivity index (χ4v) is 7.90. The number of carbonyl (C=O) groups is 1. The zero-order chi connectivity index (χ0) is 41.4. The molecule has 334 valence electrons. The van der Waals surface area contributed by atoms with E-state index in [-0.39, 0.29) is 19.1 Å². The second kappa shape index (κ2) is 39.7. The van der Waals surface area contributed by atoms with Crippen molar-refractivity contribution in [2.75, 3.05) is 40.9 Å². The molecule has 0 aromatic carbocycles. The van der Waals surface area contributed by atoms with Gasteiger partial charge in [0.15, 0.2) is 0 Å². The first kappa shape index (κ1) is 55.2. The van der Waals surface area contributed by atoms with Gasteiger partial charge in [-0.05, 0) is 19.3 Å². The van der Waals surface area contributed by atoms with Crippen molar-refractivity contribution in [3.63, 3.8) is 0 Å². The number of phosphoric acid groups is 1. The van der Waals surface area contributed by atoms with Crippen LogP contribution >= 0.6 is 7.82 Å². The van der Waals surface area contributed by atoms with Crippen molar-refractivity contribution >= 4 is 13.7 Å². The molecule has 3 N–H and O–H groups in total. The summed E-state index contributed by atoms with van der Waals surface area (Å²) in [5, 5.41) is 13.8. The van der Waals surface area contributed by atoms with Crippen molar-refractivity contribution in [3.8, 4) is 0 Å². The van der Waals surface area contributed by atoms with Crippen LogP contribution in [-0.4, -0.2) is 73.4 Å². The molecule has 0 rings (SSSR count). The molecule has 56 heavy (non-hydrogen) atoms. The van der Waals surface area contributed by atoms with Crippen molar-refractivity contribution in [1.29, 1.82) is 0 Å². The summed E-state index contributed by atoms with van der Waals surface area (Å²) in [6.07, 6.45) is 45.6. The molecule has 0 bridgehead atoms. The lowest BCUT2D eigenvalue weighted by molar-refractivity contribution is -0.870. The van der Waals surface area contributed by atoms with Crippen LogP contribution in [0.2, 0.25) is 0 Å². The quantitative estimate of drug-likeness (QED) is 0.0245. The SMILES string of the molecule is CCCCCCCCCCCCCC/C=C/[C@@H](O)[C@H](COP(=O)(O)OCC[N+](C)(C)C)NC(=O)CCCCCCCCCCCCCCCCCCCCCC. The van der Waals surface area contributed by atoms with Gasteiger partial charge in [0.05, 0.1) is 39.9 Å². The molecule has 0 aliphatic rings. The Kier molecular flexibility index (Phi) is 39.1. The number of carbonyl (C=O) groups excluding carboxylic acids is 1. The van der Waals surface area contributed by atoms with Crippen LogP contribution in [0.3, 0.4) is 0 Å². The molecule has 0 radical (unpaired) electrons. The first-order chi connectivity index (χ1) is 27.0. The smallest absolute Gasteiger partial charge is 0.387 e. The third-order valence-electron chi connectivity index (χ3n) is 11.0. The van der Waals surface area contributed by atoms with Gasteiger partial charge in [0.2, 0.25) is 5.91 Å². The molecule has 3 atom stereocenters. The maximum absolute atomic E-state index is 12.9. The minimum absolute atomic E-state index is 0.0647. The van der Waals surface area contributed by atoms with E-state index in [2.05, 4.69) is 19.2 Å². The fourth-order valence-electron chi connectivity index (χ4n) is 7.16. The molecule has 0 heterocycles. The molecule has 0 fully saturated rings. The van der Waals surface area contributed by atoms with Gasteiger partial charge in [-0.2, -0.15) is 0 Å². The zero-order valence-electron chi connectivity index (χ0n) is 37.9. The van der Waals surface area contributed by atoms with Gasteiger partial charge in [-0.3, -0.25) is 13.8 Å². The number of unbranched alkanes of at least 4 members (excludes halogenated alkanes) is 31. The number of amides is 1. The summed E-state index contributed by atoms with van der Waals surface area (Å²) in [5.74, 6) is -0.173. The molecule has 1 unspecified atom stereocenters. The van der Waals surface area contributed by atoms with Gasteiger partial charge in [0.25, 0.3) is 0 Å². The molecule has 0 aromatic rings. The largest absolute Gasteiger partial charge is 0.472 e. The van der Waals surface area contributed by atoms with Crippen molar-refractivity contribution in [2.45, 2.75) is 244 Å². The van der Waals surface area contributed by atoms with E-state index >= 15 is 0 Å². The molecule has 0 saturated carbocycles. The van der Waals surface area contributed by atoms with Gasteiger partial charge < -0.3 is 19.8 Å². The second-order valence-electron chi connectivity index (χ2n) is 17.8. The standard InChI is InChI=1S/C47H95N2O6P/c1-6-8-10-12-14-16-18-20-22-23-24-25-26-27-29-31-33-35-37-39-41-47(51)48-45(44-55-56(52,53)54-43-42-49(3,4)5)46(50)40-38-36-34-32-30-28-21-19-17-15-13-11-9-7-2/h38,40,45-46,50H,6-37,39,41-44H2,1-5H3,(H-,48,51,52,53)/p+1/b40-38+/t45-,46+/m0/s1. The van der Waals surface area contributed by atoms with E-state index in [1.165, 1.54) is 173 Å². The second-order valence-corrected chi connectivity index (χ2v) is 19.3. The van der Waals surface area contributed by atoms with Gasteiger partial charge in [-0.1, -0.05) is 219 Å². The number of nitrogens with one attached hydrogen (secondary N) is 1. The maximum Gasteiger partial charge on any atom is 0.472 e. The zero-order valence-corrected chi connectivity index (χ0v) is 38.8. The Labute approximate surface area is 348 Å². The van der Waals surface area contributed by atoms with Gasteiger partial charge in [-0.15, -0.1) is 0 Å². The predicted octanol–water partition coefficient (Wildman–Crippen LogP) is 13.5. The number of phosphoric ester groups is 1. The maximum atomic E-state index is 12.9. The van der Waals surface area contributed by atoms with Crippen LogP contribution in [0.25, 0.3) is 0 Å². The Morgan fingerprint density at radius 1 is 0.589 bits per heavy atom. The number of quaternary nitrogens is 1. The molecule has 8 nitrogen and oxygen atoms in total. The van der Waals surface area contributed by atoms with E-state index in [9.17, 15) is 19.4 Å². The van der Waals surface area contributed by atoms with Crippen LogP contribution in [0.1, 0.15) is 232 Å². The Hall–Kier alpha value is -0.760. The molecule has 1 amide bonds. The van der Waals surface area contributed by atoms with Gasteiger partial charge in [0.1, 0.15) is 13.2 Å². The summed E-state index contributed by atoms with van der Waals surface area (Å²) < 4.78 is 23.6. The lowest BCUT2D eigenvalue weighted by Crippen LogP contribution is -2.45. The molecule has 0 spiro atoms. The minimum atomic E-state index is -4.33. The topological polar surface area (TPSA) is 105 Å². The molecular formula is C47H96N2O6P+. The number of hydrogen-bond donors (Lipinski definition) is 3. The summed E-state index contributed by atoms with van der Waals surface area (Å²) >= 11 is 0. The Morgan fingerprint density at radius 2 is 0.946 bits per heavy atom. The summed E-state index contributed by atoms with van der Waals surface area (Å²) in [4.78, 5) is 23.2. The van der Waals surface area contributed by atoms with Crippen LogP contribution in [0.5, 0.6) is 0 Å². The fraction of sp³-hybridized carbons (Fsp3) is 0.936. The van der Waals surface area contributed by atoms with Crippen molar-refractivity contribution < 1.29 is 32.9 Å². The highest BCUT2D eigenvalue weighted by Gasteiger charge is 2.27. The van der Waals surface area contributed by atoms with Gasteiger partial charge >= 0.3 is 7.82 Å². The third kappa shape index (κ3) is 41.4. The van der Waals surface area contributed by atoms with Crippen molar-refractivity contribution in [1.82, 2.24) is 5.32 Å². The van der Waals surface area contributed by atoms with Crippen molar-refractivity contribution in [3.05, 3.63) is 12.2 Å². The number of nitrogens with zero attached hydrogens (tertiary/aromatic N) is 1. The first-order valence-corrected chi connectivity index (χ1v) is 25.6. The van der Waals surface area contributed by atoms with Crippen LogP contribution in [0, 0.1) is 0 Å². The minimum Gasteiger partial charge on any atom is -0.387 e. The van der Waals surface area contributed by atoms with Crippen LogP contribution < -0.4 is 5.32 Å². The molecule has 0 aliphatic heterocycles. The Morgan fingerprint density at radius 3 is 1.32 bits per heavy atom. The summed E-state index contributed by atoms with van der Waals surface area (Å²) in [7, 11) is 1.58. The number of aliphatic hydroxyl groups is 1. The van der Waals surface area contributed by atoms with Gasteiger partial charge in [-0.25, -0.2) is 4.57 Å². The van der Waals surface area contributed by atoms with Crippen LogP contribution in [-0.2, 0) is 18.4 Å². The Bertz CT molecular complexity index is 927. The number of hydrogen-bond acceptors (Lipinski definition) is 5. The number of rotatable bonds is 44. The lowest BCUT2D eigenvalue weighted by Gasteiger charge is -2.25. The average molecular weight is 816 g/mol. The first-order valence-electron chi connectivity index (χ1n) is 24.1. The summed E-state index contributed by atoms with van der Waals surface area (Å²) in [6, 6.07) is -0.840. The lowest BCUT2D eigenvalue weighted by atomic mass is 10.0. The van der Waals surface area contributed by atoms with E-state index in [0.29, 0.717) is 17.4 Å². The highest BCUT2D eigenvalue weighted by molar-refractivity contribution is 7.47.